The Kier molecular flexibility index (Phi) is 6.10. The molecule has 0 aliphatic rings. The molecule has 0 atom stereocenters. The normalized spacial score (nSPS) is 11.1. The van der Waals surface area contributed by atoms with Crippen molar-refractivity contribution in [2.75, 3.05) is 5.75 Å². The first-order valence-electron chi connectivity index (χ1n) is 9.38. The van der Waals surface area contributed by atoms with Crippen molar-refractivity contribution in [2.24, 2.45) is 12.1 Å². The first kappa shape index (κ1) is 19.7. The van der Waals surface area contributed by atoms with E-state index in [0.717, 1.165) is 27.5 Å². The SMILES string of the molecule is Cn1c(SCC(=O)N/N=C/c2cccc(Oc3ccccc3)c2)nc2ccccc21. The van der Waals surface area contributed by atoms with E-state index in [2.05, 4.69) is 15.5 Å². The molecule has 30 heavy (non-hydrogen) atoms. The number of aryl methyl sites for hydroxylation is 1. The van der Waals surface area contributed by atoms with E-state index in [9.17, 15) is 4.79 Å². The average molecular weight is 417 g/mol. The number of hydrazone groups is 1. The predicted molar refractivity (Wildman–Crippen MR) is 120 cm³/mol. The molecule has 1 N–H and O–H groups in total. The minimum Gasteiger partial charge on any atom is -0.457 e. The Bertz CT molecular complexity index is 1190. The number of aromatic nitrogens is 2. The van der Waals surface area contributed by atoms with E-state index in [-0.39, 0.29) is 11.7 Å². The molecule has 0 unspecified atom stereocenters. The van der Waals surface area contributed by atoms with Crippen LogP contribution in [0.15, 0.2) is 89.1 Å². The Morgan fingerprint density at radius 2 is 1.83 bits per heavy atom. The maximum absolute atomic E-state index is 12.1. The van der Waals surface area contributed by atoms with Crippen molar-refractivity contribution in [1.29, 1.82) is 0 Å². The van der Waals surface area contributed by atoms with Gasteiger partial charge in [-0.05, 0) is 42.0 Å². The highest BCUT2D eigenvalue weighted by Crippen LogP contribution is 2.23. The van der Waals surface area contributed by atoms with Gasteiger partial charge in [0.05, 0.1) is 23.0 Å². The Morgan fingerprint density at radius 1 is 1.07 bits per heavy atom. The molecule has 0 saturated heterocycles. The summed E-state index contributed by atoms with van der Waals surface area (Å²) in [6.07, 6.45) is 1.59. The van der Waals surface area contributed by atoms with Gasteiger partial charge < -0.3 is 9.30 Å². The number of benzene rings is 3. The zero-order valence-electron chi connectivity index (χ0n) is 16.4. The predicted octanol–water partition coefficient (Wildman–Crippen LogP) is 4.61. The molecular weight excluding hydrogens is 396 g/mol. The summed E-state index contributed by atoms with van der Waals surface area (Å²) in [7, 11) is 1.94. The van der Waals surface area contributed by atoms with E-state index in [1.165, 1.54) is 11.8 Å². The number of imidazole rings is 1. The van der Waals surface area contributed by atoms with Gasteiger partial charge in [0, 0.05) is 7.05 Å². The summed E-state index contributed by atoms with van der Waals surface area (Å²) in [6, 6.07) is 24.9. The van der Waals surface area contributed by atoms with Gasteiger partial charge in [0.25, 0.3) is 5.91 Å². The van der Waals surface area contributed by atoms with Crippen LogP contribution < -0.4 is 10.2 Å². The van der Waals surface area contributed by atoms with Crippen LogP contribution in [0.2, 0.25) is 0 Å². The molecule has 0 aliphatic heterocycles. The molecule has 0 spiro atoms. The summed E-state index contributed by atoms with van der Waals surface area (Å²) >= 11 is 1.38. The molecule has 3 aromatic carbocycles. The number of amides is 1. The van der Waals surface area contributed by atoms with Crippen molar-refractivity contribution >= 4 is 34.9 Å². The Morgan fingerprint density at radius 3 is 2.67 bits per heavy atom. The van der Waals surface area contributed by atoms with E-state index < -0.39 is 0 Å². The molecule has 6 nitrogen and oxygen atoms in total. The van der Waals surface area contributed by atoms with Gasteiger partial charge in [0.2, 0.25) is 0 Å². The van der Waals surface area contributed by atoms with Gasteiger partial charge in [-0.3, -0.25) is 4.79 Å². The van der Waals surface area contributed by atoms with Crippen molar-refractivity contribution < 1.29 is 9.53 Å². The van der Waals surface area contributed by atoms with Crippen LogP contribution in [0.25, 0.3) is 11.0 Å². The topological polar surface area (TPSA) is 68.5 Å². The maximum Gasteiger partial charge on any atom is 0.250 e. The van der Waals surface area contributed by atoms with Crippen LogP contribution in [0.1, 0.15) is 5.56 Å². The van der Waals surface area contributed by atoms with Crippen LogP contribution in [0.4, 0.5) is 0 Å². The van der Waals surface area contributed by atoms with E-state index >= 15 is 0 Å². The number of hydrogen-bond acceptors (Lipinski definition) is 5. The van der Waals surface area contributed by atoms with Crippen molar-refractivity contribution in [2.45, 2.75) is 5.16 Å². The lowest BCUT2D eigenvalue weighted by atomic mass is 10.2. The number of fused-ring (bicyclic) bond motifs is 1. The second kappa shape index (κ2) is 9.28. The molecule has 7 heteroatoms. The number of nitrogens with zero attached hydrogens (tertiary/aromatic N) is 3. The average Bonchev–Trinajstić information content (AvgIpc) is 3.09. The van der Waals surface area contributed by atoms with Crippen molar-refractivity contribution in [3.63, 3.8) is 0 Å². The van der Waals surface area contributed by atoms with Crippen LogP contribution in [0.5, 0.6) is 11.5 Å². The molecule has 1 aromatic heterocycles. The van der Waals surface area contributed by atoms with Crippen LogP contribution in [0.3, 0.4) is 0 Å². The molecule has 0 radical (unpaired) electrons. The van der Waals surface area contributed by atoms with Gasteiger partial charge in [-0.2, -0.15) is 5.10 Å². The summed E-state index contributed by atoms with van der Waals surface area (Å²) in [5, 5.41) is 4.84. The highest BCUT2D eigenvalue weighted by atomic mass is 32.2. The fourth-order valence-corrected chi connectivity index (χ4v) is 3.66. The van der Waals surface area contributed by atoms with Crippen molar-refractivity contribution in [3.8, 4) is 11.5 Å². The van der Waals surface area contributed by atoms with Gasteiger partial charge in [0.15, 0.2) is 5.16 Å². The lowest BCUT2D eigenvalue weighted by Crippen LogP contribution is -2.19. The Hall–Kier alpha value is -3.58. The molecule has 0 saturated carbocycles. The van der Waals surface area contributed by atoms with E-state index in [1.54, 1.807) is 6.21 Å². The summed E-state index contributed by atoms with van der Waals surface area (Å²) in [5.41, 5.74) is 5.33. The van der Waals surface area contributed by atoms with Crippen molar-refractivity contribution in [1.82, 2.24) is 15.0 Å². The third kappa shape index (κ3) is 4.87. The largest absolute Gasteiger partial charge is 0.457 e. The minimum absolute atomic E-state index is 0.194. The van der Waals surface area contributed by atoms with Gasteiger partial charge in [-0.15, -0.1) is 0 Å². The Labute approximate surface area is 178 Å². The number of thioether (sulfide) groups is 1. The minimum atomic E-state index is -0.194. The second-order valence-electron chi connectivity index (χ2n) is 6.51. The first-order chi connectivity index (χ1) is 14.7. The summed E-state index contributed by atoms with van der Waals surface area (Å²) in [4.78, 5) is 16.7. The number of para-hydroxylation sites is 3. The number of carbonyl (C=O) groups is 1. The number of nitrogens with one attached hydrogen (secondary N) is 1. The molecule has 1 heterocycles. The van der Waals surface area contributed by atoms with Gasteiger partial charge >= 0.3 is 0 Å². The zero-order chi connectivity index (χ0) is 20.8. The van der Waals surface area contributed by atoms with E-state index in [1.807, 2.05) is 90.5 Å². The quantitative estimate of drug-likeness (QED) is 0.271. The number of hydrogen-bond donors (Lipinski definition) is 1. The molecule has 4 aromatic rings. The monoisotopic (exact) mass is 416 g/mol. The first-order valence-corrected chi connectivity index (χ1v) is 10.4. The third-order valence-corrected chi connectivity index (χ3v) is 5.35. The molecule has 0 fully saturated rings. The third-order valence-electron chi connectivity index (χ3n) is 4.32. The van der Waals surface area contributed by atoms with Crippen LogP contribution in [0, 0.1) is 0 Å². The molecular formula is C23H20N4O2S. The fourth-order valence-electron chi connectivity index (χ4n) is 2.88. The summed E-state index contributed by atoms with van der Waals surface area (Å²) in [6.45, 7) is 0. The van der Waals surface area contributed by atoms with Crippen LogP contribution in [-0.2, 0) is 11.8 Å². The van der Waals surface area contributed by atoms with E-state index in [0.29, 0.717) is 5.75 Å². The van der Waals surface area contributed by atoms with E-state index in [4.69, 9.17) is 4.74 Å². The highest BCUT2D eigenvalue weighted by molar-refractivity contribution is 7.99. The molecule has 4 rings (SSSR count). The standard InChI is InChI=1S/C23H20N4O2S/c1-27-21-13-6-5-12-20(21)25-23(27)30-16-22(28)26-24-15-17-8-7-11-19(14-17)29-18-9-3-2-4-10-18/h2-15H,16H2,1H3,(H,26,28)/b24-15+. The number of rotatable bonds is 7. The number of ether oxygens (including phenoxy) is 1. The Balaban J connectivity index is 1.31. The lowest BCUT2D eigenvalue weighted by Gasteiger charge is -2.05. The van der Waals surface area contributed by atoms with Gasteiger partial charge in [-0.1, -0.05) is 54.2 Å². The molecule has 150 valence electrons. The van der Waals surface area contributed by atoms with Gasteiger partial charge in [0.1, 0.15) is 11.5 Å². The summed E-state index contributed by atoms with van der Waals surface area (Å²) in [5.74, 6) is 1.50. The maximum atomic E-state index is 12.1. The lowest BCUT2D eigenvalue weighted by molar-refractivity contribution is -0.118. The van der Waals surface area contributed by atoms with Crippen molar-refractivity contribution in [3.05, 3.63) is 84.4 Å². The molecule has 0 bridgehead atoms. The zero-order valence-corrected chi connectivity index (χ0v) is 17.2. The van der Waals surface area contributed by atoms with Gasteiger partial charge in [-0.25, -0.2) is 10.4 Å². The number of carbonyl (C=O) groups excluding carboxylic acids is 1. The second-order valence-corrected chi connectivity index (χ2v) is 7.45. The summed E-state index contributed by atoms with van der Waals surface area (Å²) < 4.78 is 7.79. The smallest absolute Gasteiger partial charge is 0.250 e. The molecule has 0 aliphatic carbocycles. The van der Waals surface area contributed by atoms with Crippen LogP contribution in [-0.4, -0.2) is 27.4 Å². The molecule has 1 amide bonds. The fraction of sp³-hybridized carbons (Fsp3) is 0.0870. The highest BCUT2D eigenvalue weighted by Gasteiger charge is 2.09. The van der Waals surface area contributed by atoms with Crippen LogP contribution >= 0.6 is 11.8 Å².